The van der Waals surface area contributed by atoms with Crippen LogP contribution >= 0.6 is 11.9 Å². The van der Waals surface area contributed by atoms with E-state index >= 15 is 0 Å². The highest BCUT2D eigenvalue weighted by Gasteiger charge is 2.32. The molecule has 15 heavy (non-hydrogen) atoms. The van der Waals surface area contributed by atoms with E-state index in [0.717, 1.165) is 11.6 Å². The second-order valence-corrected chi connectivity index (χ2v) is 4.19. The summed E-state index contributed by atoms with van der Waals surface area (Å²) >= 11 is 1.30. The smallest absolute Gasteiger partial charge is 0.251 e. The molecule has 2 nitrogen and oxygen atoms in total. The van der Waals surface area contributed by atoms with E-state index in [9.17, 15) is 13.2 Å². The van der Waals surface area contributed by atoms with E-state index in [0.29, 0.717) is 0 Å². The van der Waals surface area contributed by atoms with E-state index < -0.39 is 11.9 Å². The second kappa shape index (κ2) is 4.85. The van der Waals surface area contributed by atoms with Gasteiger partial charge in [0.1, 0.15) is 5.69 Å². The van der Waals surface area contributed by atoms with Crippen LogP contribution in [0.25, 0.3) is 0 Å². The highest BCUT2D eigenvalue weighted by molar-refractivity contribution is 7.97. The van der Waals surface area contributed by atoms with Crippen LogP contribution in [-0.4, -0.2) is 12.0 Å². The lowest BCUT2D eigenvalue weighted by Gasteiger charge is -2.10. The van der Waals surface area contributed by atoms with Gasteiger partial charge < -0.3 is 0 Å². The molecular formula is C9H10F3N2S. The molecule has 1 rings (SSSR count). The molecule has 1 unspecified atom stereocenters. The first-order valence-corrected chi connectivity index (χ1v) is 5.07. The topological polar surface area (TPSA) is 27.0 Å². The van der Waals surface area contributed by atoms with Crippen LogP contribution in [0, 0.1) is 0 Å². The monoisotopic (exact) mass is 235 g/mol. The molecule has 1 aromatic heterocycles. The third-order valence-electron chi connectivity index (χ3n) is 1.81. The summed E-state index contributed by atoms with van der Waals surface area (Å²) in [6.45, 7) is 1.86. The lowest BCUT2D eigenvalue weighted by atomic mass is 10.2. The Hall–Kier alpha value is -0.750. The number of aromatic nitrogens is 1. The van der Waals surface area contributed by atoms with Gasteiger partial charge in [-0.15, -0.1) is 0 Å². The van der Waals surface area contributed by atoms with Crippen LogP contribution in [0.3, 0.4) is 0 Å². The molecule has 0 aliphatic heterocycles. The molecule has 0 saturated carbocycles. The lowest BCUT2D eigenvalue weighted by molar-refractivity contribution is -0.141. The summed E-state index contributed by atoms with van der Waals surface area (Å²) in [5.41, 5.74) is -0.129. The molecule has 1 atom stereocenters. The van der Waals surface area contributed by atoms with Gasteiger partial charge in [-0.2, -0.15) is 17.9 Å². The Morgan fingerprint density at radius 3 is 2.47 bits per heavy atom. The van der Waals surface area contributed by atoms with E-state index in [-0.39, 0.29) is 5.25 Å². The molecular weight excluding hydrogens is 225 g/mol. The van der Waals surface area contributed by atoms with Crippen LogP contribution in [0.1, 0.15) is 23.4 Å². The Labute approximate surface area is 90.4 Å². The second-order valence-electron chi connectivity index (χ2n) is 2.90. The number of hydrogen-bond acceptors (Lipinski definition) is 2. The molecule has 1 radical (unpaired) electrons. The molecule has 0 bridgehead atoms. The van der Waals surface area contributed by atoms with Crippen molar-refractivity contribution in [3.8, 4) is 0 Å². The average Bonchev–Trinajstić information content (AvgIpc) is 2.17. The molecule has 0 aromatic carbocycles. The zero-order valence-corrected chi connectivity index (χ0v) is 9.06. The highest BCUT2D eigenvalue weighted by atomic mass is 32.2. The van der Waals surface area contributed by atoms with Crippen LogP contribution in [0.15, 0.2) is 18.3 Å². The number of alkyl halides is 3. The maximum atomic E-state index is 12.2. The van der Waals surface area contributed by atoms with Crippen molar-refractivity contribution >= 4 is 11.9 Å². The summed E-state index contributed by atoms with van der Waals surface area (Å²) in [5.74, 6) is 0. The van der Waals surface area contributed by atoms with E-state index in [1.807, 2.05) is 6.92 Å². The maximum Gasteiger partial charge on any atom is 0.433 e. The minimum Gasteiger partial charge on any atom is -0.251 e. The van der Waals surface area contributed by atoms with Crippen molar-refractivity contribution < 1.29 is 13.2 Å². The van der Waals surface area contributed by atoms with Crippen molar-refractivity contribution in [2.24, 2.45) is 0 Å². The van der Waals surface area contributed by atoms with Gasteiger partial charge in [0.15, 0.2) is 0 Å². The molecule has 0 fully saturated rings. The third-order valence-corrected chi connectivity index (χ3v) is 2.61. The molecule has 1 heterocycles. The summed E-state index contributed by atoms with van der Waals surface area (Å²) in [4.78, 5) is 3.37. The summed E-state index contributed by atoms with van der Waals surface area (Å²) in [6, 6.07) is 2.42. The molecule has 83 valence electrons. The zero-order valence-electron chi connectivity index (χ0n) is 8.25. The number of nitrogens with zero attached hydrogens (tertiary/aromatic N) is 2. The first kappa shape index (κ1) is 12.3. The van der Waals surface area contributed by atoms with Gasteiger partial charge in [0.25, 0.3) is 0 Å². The molecule has 1 aromatic rings. The summed E-state index contributed by atoms with van der Waals surface area (Å²) in [6.07, 6.45) is -3.13. The Bertz CT molecular complexity index is 310. The first-order valence-electron chi connectivity index (χ1n) is 4.23. The minimum absolute atomic E-state index is 0.0183. The van der Waals surface area contributed by atoms with Gasteiger partial charge in [-0.25, -0.2) is 0 Å². The Balaban J connectivity index is 2.81. The number of hydrogen-bond donors (Lipinski definition) is 0. The predicted molar refractivity (Wildman–Crippen MR) is 53.3 cm³/mol. The zero-order chi connectivity index (χ0) is 11.5. The van der Waals surface area contributed by atoms with Crippen LogP contribution in [0.4, 0.5) is 13.2 Å². The van der Waals surface area contributed by atoms with Gasteiger partial charge in [0.05, 0.1) is 0 Å². The standard InChI is InChI=1S/C9H10F3N2S/c1-6(15-13-2)7-3-4-8(14-5-7)9(10,11)12/h3-6H,1-2H3. The van der Waals surface area contributed by atoms with Crippen molar-refractivity contribution in [3.63, 3.8) is 0 Å². The van der Waals surface area contributed by atoms with Gasteiger partial charge in [0, 0.05) is 18.5 Å². The van der Waals surface area contributed by atoms with Crippen LogP contribution in [0.5, 0.6) is 0 Å². The van der Waals surface area contributed by atoms with E-state index in [1.54, 1.807) is 7.05 Å². The van der Waals surface area contributed by atoms with Gasteiger partial charge in [-0.3, -0.25) is 4.98 Å². The van der Waals surface area contributed by atoms with Crippen LogP contribution in [-0.2, 0) is 6.18 Å². The number of pyridine rings is 1. The fraction of sp³-hybridized carbons (Fsp3) is 0.444. The molecule has 0 amide bonds. The molecule has 0 aliphatic carbocycles. The van der Waals surface area contributed by atoms with Gasteiger partial charge in [0.2, 0.25) is 0 Å². The normalized spacial score (nSPS) is 13.9. The molecule has 0 aliphatic rings. The van der Waals surface area contributed by atoms with Crippen molar-refractivity contribution in [2.45, 2.75) is 18.3 Å². The average molecular weight is 235 g/mol. The van der Waals surface area contributed by atoms with E-state index in [1.165, 1.54) is 24.2 Å². The lowest BCUT2D eigenvalue weighted by Crippen LogP contribution is -2.08. The first-order chi connectivity index (χ1) is 6.95. The van der Waals surface area contributed by atoms with Crippen molar-refractivity contribution in [2.75, 3.05) is 7.05 Å². The number of halogens is 3. The third kappa shape index (κ3) is 3.39. The molecule has 0 N–H and O–H groups in total. The van der Waals surface area contributed by atoms with Crippen LogP contribution in [0.2, 0.25) is 0 Å². The van der Waals surface area contributed by atoms with Crippen molar-refractivity contribution in [3.05, 3.63) is 29.6 Å². The van der Waals surface area contributed by atoms with Crippen molar-refractivity contribution in [1.29, 1.82) is 0 Å². The van der Waals surface area contributed by atoms with Gasteiger partial charge in [-0.1, -0.05) is 18.0 Å². The fourth-order valence-corrected chi connectivity index (χ4v) is 1.61. The summed E-state index contributed by atoms with van der Waals surface area (Å²) < 4.78 is 40.4. The summed E-state index contributed by atoms with van der Waals surface area (Å²) in [7, 11) is 1.64. The Kier molecular flexibility index (Phi) is 3.98. The maximum absolute atomic E-state index is 12.2. The quantitative estimate of drug-likeness (QED) is 0.753. The molecule has 0 spiro atoms. The SMILES string of the molecule is C[N]SC(C)c1ccc(C(F)(F)F)nc1. The van der Waals surface area contributed by atoms with Crippen LogP contribution < -0.4 is 4.72 Å². The minimum atomic E-state index is -4.37. The molecule has 0 saturated heterocycles. The van der Waals surface area contributed by atoms with Gasteiger partial charge >= 0.3 is 6.18 Å². The fourth-order valence-electron chi connectivity index (χ4n) is 1.03. The molecule has 6 heteroatoms. The van der Waals surface area contributed by atoms with Crippen molar-refractivity contribution in [1.82, 2.24) is 9.71 Å². The Morgan fingerprint density at radius 2 is 2.07 bits per heavy atom. The number of rotatable bonds is 3. The van der Waals surface area contributed by atoms with Gasteiger partial charge in [-0.05, 0) is 18.6 Å². The summed E-state index contributed by atoms with van der Waals surface area (Å²) in [5, 5.41) is 0.0183. The predicted octanol–water partition coefficient (Wildman–Crippen LogP) is 3.04. The highest BCUT2D eigenvalue weighted by Crippen LogP contribution is 2.30. The van der Waals surface area contributed by atoms with E-state index in [2.05, 4.69) is 9.71 Å². The van der Waals surface area contributed by atoms with E-state index in [4.69, 9.17) is 0 Å². The largest absolute Gasteiger partial charge is 0.433 e. The Morgan fingerprint density at radius 1 is 1.40 bits per heavy atom.